The van der Waals surface area contributed by atoms with E-state index >= 15 is 0 Å². The monoisotopic (exact) mass is 383 g/mol. The smallest absolute Gasteiger partial charge is 0.368 e. The molecule has 0 amide bonds. The average molecular weight is 384 g/mol. The summed E-state index contributed by atoms with van der Waals surface area (Å²) < 4.78 is 40.7. The Morgan fingerprint density at radius 1 is 1.35 bits per heavy atom. The molecule has 2 aromatic heterocycles. The zero-order valence-corrected chi connectivity index (χ0v) is 14.9. The maximum atomic E-state index is 13.6. The van der Waals surface area contributed by atoms with E-state index in [1.165, 1.54) is 0 Å². The van der Waals surface area contributed by atoms with Crippen molar-refractivity contribution in [3.63, 3.8) is 0 Å². The molecule has 0 unspecified atom stereocenters. The second-order valence-corrected chi connectivity index (χ2v) is 7.59. The molecule has 9 heteroatoms. The highest BCUT2D eigenvalue weighted by Crippen LogP contribution is 2.44. The maximum Gasteiger partial charge on any atom is 0.434 e. The summed E-state index contributed by atoms with van der Waals surface area (Å²) >= 11 is 6.19. The first kappa shape index (κ1) is 17.4. The summed E-state index contributed by atoms with van der Waals surface area (Å²) in [4.78, 5) is 8.65. The van der Waals surface area contributed by atoms with Gasteiger partial charge >= 0.3 is 6.18 Å². The SMILES string of the molecule is Cc1[nH]c2c(N3CCCC4(CNC4)C3)c(C#N)c(C(F)(F)F)nc2c1Cl. The van der Waals surface area contributed by atoms with E-state index in [4.69, 9.17) is 11.6 Å². The minimum Gasteiger partial charge on any atom is -0.368 e. The van der Waals surface area contributed by atoms with E-state index in [-0.39, 0.29) is 21.6 Å². The minimum absolute atomic E-state index is 0.0599. The van der Waals surface area contributed by atoms with E-state index in [1.54, 1.807) is 13.0 Å². The van der Waals surface area contributed by atoms with Gasteiger partial charge in [-0.15, -0.1) is 0 Å². The number of hydrogen-bond acceptors (Lipinski definition) is 4. The highest BCUT2D eigenvalue weighted by Gasteiger charge is 2.44. The molecule has 0 bridgehead atoms. The molecule has 0 saturated carbocycles. The molecule has 1 spiro atoms. The van der Waals surface area contributed by atoms with Crippen molar-refractivity contribution in [2.45, 2.75) is 25.9 Å². The maximum absolute atomic E-state index is 13.6. The first-order valence-electron chi connectivity index (χ1n) is 8.40. The molecule has 0 atom stereocenters. The van der Waals surface area contributed by atoms with Crippen molar-refractivity contribution in [3.8, 4) is 6.07 Å². The highest BCUT2D eigenvalue weighted by molar-refractivity contribution is 6.36. The van der Waals surface area contributed by atoms with Gasteiger partial charge in [-0.25, -0.2) is 4.98 Å². The molecule has 0 aliphatic carbocycles. The van der Waals surface area contributed by atoms with E-state index in [1.807, 2.05) is 4.90 Å². The summed E-state index contributed by atoms with van der Waals surface area (Å²) in [6.07, 6.45) is -2.83. The van der Waals surface area contributed by atoms with Crippen LogP contribution >= 0.6 is 11.6 Å². The number of rotatable bonds is 1. The Labute approximate surface area is 153 Å². The second-order valence-electron chi connectivity index (χ2n) is 7.21. The zero-order valence-electron chi connectivity index (χ0n) is 14.1. The van der Waals surface area contributed by atoms with Gasteiger partial charge in [0.25, 0.3) is 0 Å². The van der Waals surface area contributed by atoms with Crippen LogP contribution in [0, 0.1) is 23.7 Å². The Morgan fingerprint density at radius 2 is 2.08 bits per heavy atom. The molecule has 2 N–H and O–H groups in total. The van der Waals surface area contributed by atoms with Crippen molar-refractivity contribution in [1.82, 2.24) is 15.3 Å². The number of alkyl halides is 3. The molecular formula is C17H17ClF3N5. The van der Waals surface area contributed by atoms with Crippen LogP contribution in [0.25, 0.3) is 11.0 Å². The minimum atomic E-state index is -4.73. The predicted molar refractivity (Wildman–Crippen MR) is 92.3 cm³/mol. The second kappa shape index (κ2) is 5.76. The van der Waals surface area contributed by atoms with Gasteiger partial charge in [-0.3, -0.25) is 0 Å². The van der Waals surface area contributed by atoms with E-state index < -0.39 is 17.4 Å². The van der Waals surface area contributed by atoms with Gasteiger partial charge in [0.05, 0.1) is 16.2 Å². The summed E-state index contributed by atoms with van der Waals surface area (Å²) in [5.41, 5.74) is -0.272. The number of fused-ring (bicyclic) bond motifs is 1. The van der Waals surface area contributed by atoms with Crippen molar-refractivity contribution in [3.05, 3.63) is 22.0 Å². The van der Waals surface area contributed by atoms with Gasteiger partial charge in [-0.1, -0.05) is 11.6 Å². The van der Waals surface area contributed by atoms with Crippen LogP contribution in [0.1, 0.15) is 29.8 Å². The number of nitriles is 1. The van der Waals surface area contributed by atoms with Gasteiger partial charge in [-0.2, -0.15) is 18.4 Å². The number of aromatic amines is 1. The van der Waals surface area contributed by atoms with Crippen LogP contribution < -0.4 is 10.2 Å². The van der Waals surface area contributed by atoms with Gasteiger partial charge in [0.15, 0.2) is 5.69 Å². The van der Waals surface area contributed by atoms with Gasteiger partial charge in [-0.05, 0) is 19.8 Å². The molecule has 2 saturated heterocycles. The van der Waals surface area contributed by atoms with E-state index in [9.17, 15) is 18.4 Å². The third kappa shape index (κ3) is 2.53. The Bertz CT molecular complexity index is 923. The molecule has 0 radical (unpaired) electrons. The molecule has 0 aromatic carbocycles. The number of aromatic nitrogens is 2. The molecule has 4 heterocycles. The Kier molecular flexibility index (Phi) is 3.86. The zero-order chi connectivity index (χ0) is 18.7. The van der Waals surface area contributed by atoms with E-state index in [2.05, 4.69) is 15.3 Å². The van der Waals surface area contributed by atoms with Crippen molar-refractivity contribution in [2.75, 3.05) is 31.1 Å². The average Bonchev–Trinajstić information content (AvgIpc) is 2.85. The fourth-order valence-electron chi connectivity index (χ4n) is 4.06. The van der Waals surface area contributed by atoms with Crippen LogP contribution in [0.4, 0.5) is 18.9 Å². The molecule has 138 valence electrons. The highest BCUT2D eigenvalue weighted by atomic mass is 35.5. The lowest BCUT2D eigenvalue weighted by molar-refractivity contribution is -0.141. The third-order valence-corrected chi connectivity index (χ3v) is 5.84. The standard InChI is InChI=1S/C17H17ClF3N5/c1-9-11(18)12-13(24-9)14(10(5-22)15(25-12)17(19,20)21)26-4-2-3-16(8-26)6-23-7-16/h23-24H,2-4,6-8H2,1H3. The van der Waals surface area contributed by atoms with Crippen molar-refractivity contribution in [1.29, 1.82) is 5.26 Å². The molecule has 2 aliphatic rings. The lowest BCUT2D eigenvalue weighted by Gasteiger charge is -2.50. The number of anilines is 1. The fourth-order valence-corrected chi connectivity index (χ4v) is 4.25. The normalized spacial score (nSPS) is 19.6. The first-order valence-corrected chi connectivity index (χ1v) is 8.78. The van der Waals surface area contributed by atoms with E-state index in [0.29, 0.717) is 24.3 Å². The number of hydrogen-bond donors (Lipinski definition) is 2. The van der Waals surface area contributed by atoms with Gasteiger partial charge in [0, 0.05) is 37.3 Å². The third-order valence-electron chi connectivity index (χ3n) is 5.38. The Hall–Kier alpha value is -1.98. The van der Waals surface area contributed by atoms with E-state index in [0.717, 1.165) is 25.9 Å². The molecule has 26 heavy (non-hydrogen) atoms. The molecule has 2 aliphatic heterocycles. The van der Waals surface area contributed by atoms with Crippen LogP contribution in [-0.2, 0) is 6.18 Å². The number of piperidine rings is 1. The van der Waals surface area contributed by atoms with Crippen molar-refractivity contribution in [2.24, 2.45) is 5.41 Å². The van der Waals surface area contributed by atoms with Crippen LogP contribution in [0.3, 0.4) is 0 Å². The quantitative estimate of drug-likeness (QED) is 0.789. The molecule has 5 nitrogen and oxygen atoms in total. The predicted octanol–water partition coefficient (Wildman–Crippen LogP) is 3.61. The van der Waals surface area contributed by atoms with Crippen LogP contribution in [0.2, 0.25) is 5.02 Å². The largest absolute Gasteiger partial charge is 0.434 e. The number of nitrogens with one attached hydrogen (secondary N) is 2. The Morgan fingerprint density at radius 3 is 2.65 bits per heavy atom. The van der Waals surface area contributed by atoms with Crippen molar-refractivity contribution < 1.29 is 13.2 Å². The Balaban J connectivity index is 1.97. The number of halogens is 4. The van der Waals surface area contributed by atoms with Gasteiger partial charge in [0.2, 0.25) is 0 Å². The summed E-state index contributed by atoms with van der Waals surface area (Å²) in [6.45, 7) is 4.58. The first-order chi connectivity index (χ1) is 12.3. The number of H-pyrrole nitrogens is 1. The number of aryl methyl sites for hydroxylation is 1. The fraction of sp³-hybridized carbons (Fsp3) is 0.529. The summed E-state index contributed by atoms with van der Waals surface area (Å²) in [7, 11) is 0. The van der Waals surface area contributed by atoms with Crippen LogP contribution in [-0.4, -0.2) is 36.1 Å². The number of pyridine rings is 1. The van der Waals surface area contributed by atoms with Crippen LogP contribution in [0.5, 0.6) is 0 Å². The number of nitrogens with zero attached hydrogens (tertiary/aromatic N) is 3. The molecular weight excluding hydrogens is 367 g/mol. The topological polar surface area (TPSA) is 67.7 Å². The summed E-state index contributed by atoms with van der Waals surface area (Å²) in [5.74, 6) is 0. The van der Waals surface area contributed by atoms with Crippen molar-refractivity contribution >= 4 is 28.3 Å². The lowest BCUT2D eigenvalue weighted by atomic mass is 9.74. The summed E-state index contributed by atoms with van der Waals surface area (Å²) in [5, 5.41) is 13.0. The lowest BCUT2D eigenvalue weighted by Crippen LogP contribution is -2.61. The molecule has 2 aromatic rings. The van der Waals surface area contributed by atoms with Crippen LogP contribution in [0.15, 0.2) is 0 Å². The van der Waals surface area contributed by atoms with Gasteiger partial charge in [0.1, 0.15) is 17.1 Å². The van der Waals surface area contributed by atoms with Gasteiger partial charge < -0.3 is 15.2 Å². The molecule has 4 rings (SSSR count). The summed E-state index contributed by atoms with van der Waals surface area (Å²) in [6, 6.07) is 1.75. The molecule has 2 fully saturated rings.